The molecule has 0 aliphatic heterocycles. The fraction of sp³-hybridized carbons (Fsp3) is 0.727. The van der Waals surface area contributed by atoms with Crippen molar-refractivity contribution in [2.24, 2.45) is 5.92 Å². The van der Waals surface area contributed by atoms with Crippen LogP contribution in [-0.4, -0.2) is 42.8 Å². The Morgan fingerprint density at radius 3 is 2.50 bits per heavy atom. The average molecular weight is 260 g/mol. The Kier molecular flexibility index (Phi) is 8.34. The lowest BCUT2D eigenvalue weighted by atomic mass is 10.2. The quantitative estimate of drug-likeness (QED) is 0.431. The van der Waals surface area contributed by atoms with Gasteiger partial charge in [-0.05, 0) is 13.3 Å². The minimum atomic E-state index is -0.961. The van der Waals surface area contributed by atoms with E-state index in [9.17, 15) is 14.4 Å². The highest BCUT2D eigenvalue weighted by molar-refractivity contribution is 5.75. The molecule has 0 heterocycles. The van der Waals surface area contributed by atoms with Gasteiger partial charge in [0.1, 0.15) is 0 Å². The summed E-state index contributed by atoms with van der Waals surface area (Å²) in [6, 6.07) is -0.438. The highest BCUT2D eigenvalue weighted by Gasteiger charge is 2.11. The summed E-state index contributed by atoms with van der Waals surface area (Å²) >= 11 is 0. The van der Waals surface area contributed by atoms with Gasteiger partial charge in [0, 0.05) is 19.5 Å². The molecule has 18 heavy (non-hydrogen) atoms. The van der Waals surface area contributed by atoms with Gasteiger partial charge >= 0.3 is 18.0 Å². The van der Waals surface area contributed by atoms with Crippen LogP contribution in [0.15, 0.2) is 0 Å². The first-order valence-electron chi connectivity index (χ1n) is 5.87. The molecule has 1 unspecified atom stereocenters. The molecule has 0 aromatic rings. The van der Waals surface area contributed by atoms with Gasteiger partial charge in [0.05, 0.1) is 12.5 Å². The first-order chi connectivity index (χ1) is 8.47. The number of carbonyl (C=O) groups excluding carboxylic acids is 2. The number of amides is 2. The molecular formula is C11H20N2O5. The van der Waals surface area contributed by atoms with Crippen molar-refractivity contribution in [3.8, 4) is 0 Å². The van der Waals surface area contributed by atoms with Crippen molar-refractivity contribution in [2.45, 2.75) is 26.7 Å². The van der Waals surface area contributed by atoms with Crippen LogP contribution >= 0.6 is 0 Å². The molecule has 104 valence electrons. The molecule has 0 saturated heterocycles. The van der Waals surface area contributed by atoms with Crippen molar-refractivity contribution in [1.82, 2.24) is 10.6 Å². The molecule has 1 atom stereocenters. The van der Waals surface area contributed by atoms with Gasteiger partial charge in [0.25, 0.3) is 0 Å². The Balaban J connectivity index is 3.54. The van der Waals surface area contributed by atoms with E-state index in [0.29, 0.717) is 19.6 Å². The molecule has 0 fully saturated rings. The Hall–Kier alpha value is -1.79. The third-order valence-electron chi connectivity index (χ3n) is 2.14. The van der Waals surface area contributed by atoms with Crippen LogP contribution < -0.4 is 10.6 Å². The SMILES string of the molecule is CCOC(=O)CCCNC(=O)NCC(C)C(=O)O. The molecule has 0 aliphatic carbocycles. The maximum absolute atomic E-state index is 11.2. The van der Waals surface area contributed by atoms with E-state index in [2.05, 4.69) is 10.6 Å². The number of hydrogen-bond donors (Lipinski definition) is 3. The fourth-order valence-electron chi connectivity index (χ4n) is 1.06. The van der Waals surface area contributed by atoms with E-state index in [1.807, 2.05) is 0 Å². The molecule has 3 N–H and O–H groups in total. The topological polar surface area (TPSA) is 105 Å². The Labute approximate surface area is 106 Å². The van der Waals surface area contributed by atoms with Crippen molar-refractivity contribution < 1.29 is 24.2 Å². The highest BCUT2D eigenvalue weighted by Crippen LogP contribution is 1.92. The molecular weight excluding hydrogens is 240 g/mol. The van der Waals surface area contributed by atoms with E-state index in [1.54, 1.807) is 6.92 Å². The number of esters is 1. The summed E-state index contributed by atoms with van der Waals surface area (Å²) in [6.45, 7) is 3.99. The largest absolute Gasteiger partial charge is 0.481 e. The predicted molar refractivity (Wildman–Crippen MR) is 64.1 cm³/mol. The summed E-state index contributed by atoms with van der Waals surface area (Å²) < 4.78 is 4.72. The zero-order valence-corrected chi connectivity index (χ0v) is 10.7. The maximum Gasteiger partial charge on any atom is 0.314 e. The number of nitrogens with one attached hydrogen (secondary N) is 2. The number of ether oxygens (including phenoxy) is 1. The molecule has 7 nitrogen and oxygen atoms in total. The van der Waals surface area contributed by atoms with E-state index in [4.69, 9.17) is 9.84 Å². The standard InChI is InChI=1S/C11H20N2O5/c1-3-18-9(14)5-4-6-12-11(17)13-7-8(2)10(15)16/h8H,3-7H2,1-2H3,(H,15,16)(H2,12,13,17). The molecule has 0 saturated carbocycles. The molecule has 7 heteroatoms. The lowest BCUT2D eigenvalue weighted by molar-refractivity contribution is -0.143. The second-order valence-electron chi connectivity index (χ2n) is 3.78. The number of carboxylic acid groups (broad SMARTS) is 1. The normalized spacial score (nSPS) is 11.4. The number of urea groups is 1. The summed E-state index contributed by atoms with van der Waals surface area (Å²) in [6.07, 6.45) is 0.736. The van der Waals surface area contributed by atoms with Crippen LogP contribution in [0.2, 0.25) is 0 Å². The Bertz CT molecular complexity index is 293. The number of aliphatic carboxylic acids is 1. The van der Waals surface area contributed by atoms with Crippen molar-refractivity contribution in [3.63, 3.8) is 0 Å². The van der Waals surface area contributed by atoms with Crippen LogP contribution in [0.5, 0.6) is 0 Å². The molecule has 0 aromatic carbocycles. The van der Waals surface area contributed by atoms with Crippen molar-refractivity contribution in [3.05, 3.63) is 0 Å². The third kappa shape index (κ3) is 8.37. The second kappa shape index (κ2) is 9.26. The third-order valence-corrected chi connectivity index (χ3v) is 2.14. The van der Waals surface area contributed by atoms with Crippen LogP contribution in [0, 0.1) is 5.92 Å². The van der Waals surface area contributed by atoms with Crippen molar-refractivity contribution in [2.75, 3.05) is 19.7 Å². The fourth-order valence-corrected chi connectivity index (χ4v) is 1.06. The minimum Gasteiger partial charge on any atom is -0.481 e. The zero-order chi connectivity index (χ0) is 14.0. The number of carbonyl (C=O) groups is 3. The van der Waals surface area contributed by atoms with Gasteiger partial charge < -0.3 is 20.5 Å². The van der Waals surface area contributed by atoms with Gasteiger partial charge in [-0.15, -0.1) is 0 Å². The lowest BCUT2D eigenvalue weighted by Gasteiger charge is -2.09. The highest BCUT2D eigenvalue weighted by atomic mass is 16.5. The minimum absolute atomic E-state index is 0.0685. The van der Waals surface area contributed by atoms with Crippen molar-refractivity contribution >= 4 is 18.0 Å². The van der Waals surface area contributed by atoms with Gasteiger partial charge in [-0.2, -0.15) is 0 Å². The summed E-state index contributed by atoms with van der Waals surface area (Å²) in [5, 5.41) is 13.6. The monoisotopic (exact) mass is 260 g/mol. The summed E-state index contributed by atoms with van der Waals surface area (Å²) in [7, 11) is 0. The molecule has 0 radical (unpaired) electrons. The molecule has 0 rings (SSSR count). The van der Waals surface area contributed by atoms with Gasteiger partial charge in [0.15, 0.2) is 0 Å². The molecule has 0 aliphatic rings. The van der Waals surface area contributed by atoms with E-state index in [1.165, 1.54) is 6.92 Å². The van der Waals surface area contributed by atoms with Crippen molar-refractivity contribution in [1.29, 1.82) is 0 Å². The zero-order valence-electron chi connectivity index (χ0n) is 10.7. The first kappa shape index (κ1) is 16.2. The second-order valence-corrected chi connectivity index (χ2v) is 3.78. The van der Waals surface area contributed by atoms with Gasteiger partial charge in [-0.25, -0.2) is 4.79 Å². The van der Waals surface area contributed by atoms with Crippen LogP contribution in [0.1, 0.15) is 26.7 Å². The molecule has 0 aromatic heterocycles. The molecule has 2 amide bonds. The Morgan fingerprint density at radius 1 is 1.28 bits per heavy atom. The number of rotatable bonds is 8. The Morgan fingerprint density at radius 2 is 1.94 bits per heavy atom. The summed E-state index contributed by atoms with van der Waals surface area (Å²) in [5.41, 5.74) is 0. The van der Waals surface area contributed by atoms with Crippen LogP contribution in [0.25, 0.3) is 0 Å². The van der Waals surface area contributed by atoms with E-state index in [-0.39, 0.29) is 18.9 Å². The first-order valence-corrected chi connectivity index (χ1v) is 5.87. The van der Waals surface area contributed by atoms with Gasteiger partial charge in [-0.1, -0.05) is 6.92 Å². The predicted octanol–water partition coefficient (Wildman–Crippen LogP) is 0.350. The number of carboxylic acids is 1. The van der Waals surface area contributed by atoms with Crippen LogP contribution in [0.3, 0.4) is 0 Å². The van der Waals surface area contributed by atoms with Gasteiger partial charge in [-0.3, -0.25) is 9.59 Å². The summed E-state index contributed by atoms with van der Waals surface area (Å²) in [4.78, 5) is 32.7. The smallest absolute Gasteiger partial charge is 0.314 e. The van der Waals surface area contributed by atoms with Gasteiger partial charge in [0.2, 0.25) is 0 Å². The molecule has 0 bridgehead atoms. The van der Waals surface area contributed by atoms with E-state index < -0.39 is 17.9 Å². The van der Waals surface area contributed by atoms with E-state index >= 15 is 0 Å². The van der Waals surface area contributed by atoms with Crippen LogP contribution in [-0.2, 0) is 14.3 Å². The number of hydrogen-bond acceptors (Lipinski definition) is 4. The average Bonchev–Trinajstić information content (AvgIpc) is 2.31. The molecule has 0 spiro atoms. The van der Waals surface area contributed by atoms with Crippen LogP contribution in [0.4, 0.5) is 4.79 Å². The lowest BCUT2D eigenvalue weighted by Crippen LogP contribution is -2.39. The maximum atomic E-state index is 11.2. The van der Waals surface area contributed by atoms with E-state index in [0.717, 1.165) is 0 Å². The summed E-state index contributed by atoms with van der Waals surface area (Å²) in [5.74, 6) is -1.88.